The van der Waals surface area contributed by atoms with Crippen molar-refractivity contribution in [2.24, 2.45) is 0 Å². The highest BCUT2D eigenvalue weighted by molar-refractivity contribution is 5.81. The van der Waals surface area contributed by atoms with Gasteiger partial charge in [0.2, 0.25) is 5.91 Å². The first kappa shape index (κ1) is 17.7. The van der Waals surface area contributed by atoms with Gasteiger partial charge in [0.1, 0.15) is 11.5 Å². The lowest BCUT2D eigenvalue weighted by atomic mass is 9.98. The fourth-order valence-corrected chi connectivity index (χ4v) is 3.32. The molecule has 0 saturated heterocycles. The number of carbonyl (C=O) groups is 1. The van der Waals surface area contributed by atoms with E-state index in [1.807, 2.05) is 20.0 Å². The van der Waals surface area contributed by atoms with Crippen molar-refractivity contribution in [2.75, 3.05) is 13.6 Å². The molecule has 5 heteroatoms. The Morgan fingerprint density at radius 1 is 1.28 bits per heavy atom. The van der Waals surface area contributed by atoms with Crippen molar-refractivity contribution in [3.63, 3.8) is 0 Å². The Morgan fingerprint density at radius 3 is 2.68 bits per heavy atom. The Hall–Kier alpha value is -2.14. The van der Waals surface area contributed by atoms with Gasteiger partial charge in [-0.15, -0.1) is 0 Å². The summed E-state index contributed by atoms with van der Waals surface area (Å²) in [6.45, 7) is 8.35. The molecule has 0 aliphatic carbocycles. The topological polar surface area (TPSA) is 49.6 Å². The minimum atomic E-state index is -0.144. The second-order valence-electron chi connectivity index (χ2n) is 7.23. The molecule has 2 heterocycles. The molecule has 2 aromatic rings. The van der Waals surface area contributed by atoms with Crippen LogP contribution in [0.25, 0.3) is 0 Å². The van der Waals surface area contributed by atoms with Crippen molar-refractivity contribution < 1.29 is 9.32 Å². The van der Waals surface area contributed by atoms with Gasteiger partial charge in [0.15, 0.2) is 0 Å². The predicted molar refractivity (Wildman–Crippen MR) is 97.1 cm³/mol. The highest BCUT2D eigenvalue weighted by atomic mass is 16.5. The van der Waals surface area contributed by atoms with E-state index >= 15 is 0 Å². The van der Waals surface area contributed by atoms with Gasteiger partial charge in [0, 0.05) is 32.1 Å². The van der Waals surface area contributed by atoms with Crippen LogP contribution in [0.5, 0.6) is 0 Å². The SMILES string of the molecule is CC(C)c1cc(CN(C)C(=O)[C@H](C)N2CCc3ccccc3C2)no1. The highest BCUT2D eigenvalue weighted by Gasteiger charge is 2.27. The number of hydrogen-bond donors (Lipinski definition) is 0. The molecule has 1 amide bonds. The average Bonchev–Trinajstić information content (AvgIpc) is 3.08. The summed E-state index contributed by atoms with van der Waals surface area (Å²) >= 11 is 0. The summed E-state index contributed by atoms with van der Waals surface area (Å²) in [6.07, 6.45) is 0.999. The third kappa shape index (κ3) is 3.93. The third-order valence-corrected chi connectivity index (χ3v) is 4.99. The van der Waals surface area contributed by atoms with Crippen molar-refractivity contribution in [2.45, 2.75) is 52.2 Å². The van der Waals surface area contributed by atoms with Crippen LogP contribution in [0.1, 0.15) is 49.3 Å². The normalized spacial score (nSPS) is 15.9. The van der Waals surface area contributed by atoms with Gasteiger partial charge < -0.3 is 9.42 Å². The van der Waals surface area contributed by atoms with Crippen LogP contribution in [0.4, 0.5) is 0 Å². The third-order valence-electron chi connectivity index (χ3n) is 4.99. The van der Waals surface area contributed by atoms with Crippen LogP contribution < -0.4 is 0 Å². The number of carbonyl (C=O) groups excluding carboxylic acids is 1. The van der Waals surface area contributed by atoms with Gasteiger partial charge in [0.25, 0.3) is 0 Å². The number of likely N-dealkylation sites (N-methyl/N-ethyl adjacent to an activating group) is 1. The second-order valence-corrected chi connectivity index (χ2v) is 7.23. The molecule has 0 saturated carbocycles. The van der Waals surface area contributed by atoms with Crippen LogP contribution >= 0.6 is 0 Å². The molecule has 5 nitrogen and oxygen atoms in total. The molecular weight excluding hydrogens is 314 g/mol. The summed E-state index contributed by atoms with van der Waals surface area (Å²) in [6, 6.07) is 10.3. The molecule has 0 fully saturated rings. The van der Waals surface area contributed by atoms with Gasteiger partial charge in [-0.1, -0.05) is 43.3 Å². The zero-order valence-electron chi connectivity index (χ0n) is 15.5. The molecule has 1 aromatic carbocycles. The highest BCUT2D eigenvalue weighted by Crippen LogP contribution is 2.21. The van der Waals surface area contributed by atoms with E-state index in [4.69, 9.17) is 4.52 Å². The van der Waals surface area contributed by atoms with Crippen molar-refractivity contribution in [3.05, 3.63) is 52.9 Å². The van der Waals surface area contributed by atoms with Crippen molar-refractivity contribution >= 4 is 5.91 Å². The molecule has 0 unspecified atom stereocenters. The monoisotopic (exact) mass is 341 g/mol. The van der Waals surface area contributed by atoms with Crippen molar-refractivity contribution in [3.8, 4) is 0 Å². The maximum absolute atomic E-state index is 12.8. The Labute approximate surface area is 149 Å². The van der Waals surface area contributed by atoms with E-state index < -0.39 is 0 Å². The minimum Gasteiger partial charge on any atom is -0.361 e. The van der Waals surface area contributed by atoms with E-state index in [9.17, 15) is 4.79 Å². The summed E-state index contributed by atoms with van der Waals surface area (Å²) in [5.74, 6) is 1.28. The maximum atomic E-state index is 12.8. The quantitative estimate of drug-likeness (QED) is 0.838. The van der Waals surface area contributed by atoms with Crippen LogP contribution in [-0.4, -0.2) is 40.5 Å². The van der Waals surface area contributed by atoms with Crippen LogP contribution in [0.3, 0.4) is 0 Å². The van der Waals surface area contributed by atoms with Gasteiger partial charge in [-0.2, -0.15) is 0 Å². The van der Waals surface area contributed by atoms with Crippen molar-refractivity contribution in [1.29, 1.82) is 0 Å². The Balaban J connectivity index is 1.61. The van der Waals surface area contributed by atoms with E-state index in [1.54, 1.807) is 4.90 Å². The molecule has 1 aliphatic heterocycles. The molecule has 1 atom stereocenters. The van der Waals surface area contributed by atoms with Gasteiger partial charge in [-0.05, 0) is 24.5 Å². The first-order valence-electron chi connectivity index (χ1n) is 8.97. The van der Waals surface area contributed by atoms with Gasteiger partial charge in [0.05, 0.1) is 12.6 Å². The number of fused-ring (bicyclic) bond motifs is 1. The van der Waals surface area contributed by atoms with Crippen LogP contribution in [0.15, 0.2) is 34.9 Å². The van der Waals surface area contributed by atoms with E-state index in [-0.39, 0.29) is 11.9 Å². The van der Waals surface area contributed by atoms with Gasteiger partial charge in [-0.25, -0.2) is 0 Å². The van der Waals surface area contributed by atoms with E-state index in [0.717, 1.165) is 31.0 Å². The summed E-state index contributed by atoms with van der Waals surface area (Å²) in [5, 5.41) is 4.08. The Kier molecular flexibility index (Phi) is 5.23. The lowest BCUT2D eigenvalue weighted by Gasteiger charge is -2.34. The number of hydrogen-bond acceptors (Lipinski definition) is 4. The average molecular weight is 341 g/mol. The minimum absolute atomic E-state index is 0.119. The molecule has 0 radical (unpaired) electrons. The fourth-order valence-electron chi connectivity index (χ4n) is 3.32. The number of benzene rings is 1. The lowest BCUT2D eigenvalue weighted by molar-refractivity contribution is -0.136. The van der Waals surface area contributed by atoms with Gasteiger partial charge in [-0.3, -0.25) is 9.69 Å². The number of nitrogens with zero attached hydrogens (tertiary/aromatic N) is 3. The molecule has 0 spiro atoms. The van der Waals surface area contributed by atoms with E-state index in [0.29, 0.717) is 12.5 Å². The van der Waals surface area contributed by atoms with Crippen molar-refractivity contribution in [1.82, 2.24) is 15.0 Å². The number of aromatic nitrogens is 1. The zero-order chi connectivity index (χ0) is 18.0. The standard InChI is InChI=1S/C20H27N3O2/c1-14(2)19-11-18(21-25-19)13-22(4)20(24)15(3)23-10-9-16-7-5-6-8-17(16)12-23/h5-8,11,14-15H,9-10,12-13H2,1-4H3/t15-/m0/s1. The lowest BCUT2D eigenvalue weighted by Crippen LogP contribution is -2.47. The van der Waals surface area contributed by atoms with Crippen LogP contribution in [0, 0.1) is 0 Å². The molecule has 25 heavy (non-hydrogen) atoms. The predicted octanol–water partition coefficient (Wildman–Crippen LogP) is 3.20. The zero-order valence-corrected chi connectivity index (χ0v) is 15.5. The number of rotatable bonds is 5. The van der Waals surface area contributed by atoms with Crippen LogP contribution in [0.2, 0.25) is 0 Å². The summed E-state index contributed by atoms with van der Waals surface area (Å²) in [4.78, 5) is 16.8. The van der Waals surface area contributed by atoms with E-state index in [2.05, 4.69) is 48.2 Å². The molecule has 134 valence electrons. The summed E-state index contributed by atoms with van der Waals surface area (Å²) in [7, 11) is 1.83. The molecular formula is C20H27N3O2. The molecule has 3 rings (SSSR count). The molecule has 0 N–H and O–H groups in total. The largest absolute Gasteiger partial charge is 0.361 e. The summed E-state index contributed by atoms with van der Waals surface area (Å²) in [5.41, 5.74) is 3.53. The van der Waals surface area contributed by atoms with E-state index in [1.165, 1.54) is 11.1 Å². The number of amides is 1. The summed E-state index contributed by atoms with van der Waals surface area (Å²) < 4.78 is 5.32. The van der Waals surface area contributed by atoms with Gasteiger partial charge >= 0.3 is 0 Å². The molecule has 1 aromatic heterocycles. The second kappa shape index (κ2) is 7.40. The van der Waals surface area contributed by atoms with Crippen LogP contribution in [-0.2, 0) is 24.3 Å². The Bertz CT molecular complexity index is 738. The molecule has 0 bridgehead atoms. The Morgan fingerprint density at radius 2 is 2.00 bits per heavy atom. The first-order chi connectivity index (χ1) is 12.0. The maximum Gasteiger partial charge on any atom is 0.239 e. The first-order valence-corrected chi connectivity index (χ1v) is 8.97. The molecule has 1 aliphatic rings. The fraction of sp³-hybridized carbons (Fsp3) is 0.500. The smallest absolute Gasteiger partial charge is 0.239 e.